The lowest BCUT2D eigenvalue weighted by atomic mass is 10.4. The lowest BCUT2D eigenvalue weighted by molar-refractivity contribution is -0.114. The van der Waals surface area contributed by atoms with Gasteiger partial charge in [0.2, 0.25) is 11.1 Å². The van der Waals surface area contributed by atoms with Crippen LogP contribution in [0.3, 0.4) is 0 Å². The zero-order valence-electron chi connectivity index (χ0n) is 6.92. The molecule has 0 bridgehead atoms. The number of alkyl halides is 1. The summed E-state index contributed by atoms with van der Waals surface area (Å²) in [5.74, 6) is -0.451. The first-order chi connectivity index (χ1) is 6.61. The van der Waals surface area contributed by atoms with Crippen LogP contribution in [-0.4, -0.2) is 22.0 Å². The molecule has 14 heavy (non-hydrogen) atoms. The summed E-state index contributed by atoms with van der Waals surface area (Å²) in [6, 6.07) is 0. The van der Waals surface area contributed by atoms with Crippen LogP contribution in [0.5, 0.6) is 0 Å². The molecule has 0 unspecified atom stereocenters. The van der Waals surface area contributed by atoms with Crippen LogP contribution in [0.4, 0.5) is 5.13 Å². The standard InChI is InChI=1S/C7H6Cl2N2O2S/c8-2-6(13)11-7-10-4(3-14-7)1-5(9)12/h3H,1-2H2,(H,10,11,13). The number of carbonyl (C=O) groups is 2. The van der Waals surface area contributed by atoms with E-state index in [1.165, 1.54) is 11.3 Å². The van der Waals surface area contributed by atoms with Gasteiger partial charge in [-0.25, -0.2) is 4.98 Å². The second-order valence-electron chi connectivity index (χ2n) is 2.36. The van der Waals surface area contributed by atoms with Crippen LogP contribution in [0.1, 0.15) is 5.69 Å². The van der Waals surface area contributed by atoms with Crippen LogP contribution >= 0.6 is 34.5 Å². The maximum absolute atomic E-state index is 10.8. The van der Waals surface area contributed by atoms with Gasteiger partial charge in [0.15, 0.2) is 5.13 Å². The zero-order valence-corrected chi connectivity index (χ0v) is 9.25. The van der Waals surface area contributed by atoms with Gasteiger partial charge >= 0.3 is 0 Å². The lowest BCUT2D eigenvalue weighted by Crippen LogP contribution is -2.12. The molecule has 0 atom stereocenters. The van der Waals surface area contributed by atoms with Crippen molar-refractivity contribution in [3.05, 3.63) is 11.1 Å². The molecule has 0 fully saturated rings. The molecule has 1 aromatic rings. The summed E-state index contributed by atoms with van der Waals surface area (Å²) in [5, 5.41) is 4.06. The minimum atomic E-state index is -0.481. The van der Waals surface area contributed by atoms with Gasteiger partial charge in [-0.3, -0.25) is 9.59 Å². The monoisotopic (exact) mass is 252 g/mol. The van der Waals surface area contributed by atoms with Crippen molar-refractivity contribution >= 4 is 50.8 Å². The predicted molar refractivity (Wildman–Crippen MR) is 56.0 cm³/mol. The van der Waals surface area contributed by atoms with Crippen molar-refractivity contribution in [1.29, 1.82) is 0 Å². The van der Waals surface area contributed by atoms with E-state index in [-0.39, 0.29) is 18.2 Å². The molecule has 0 aliphatic rings. The zero-order chi connectivity index (χ0) is 10.6. The van der Waals surface area contributed by atoms with Gasteiger partial charge in [0.25, 0.3) is 0 Å². The molecular formula is C7H6Cl2N2O2S. The van der Waals surface area contributed by atoms with Gasteiger partial charge in [-0.1, -0.05) is 0 Å². The normalized spacial score (nSPS) is 9.86. The summed E-state index contributed by atoms with van der Waals surface area (Å²) < 4.78 is 0. The minimum Gasteiger partial charge on any atom is -0.301 e. The Morgan fingerprint density at radius 2 is 2.29 bits per heavy atom. The third-order valence-corrected chi connectivity index (χ3v) is 2.42. The highest BCUT2D eigenvalue weighted by Gasteiger charge is 2.07. The summed E-state index contributed by atoms with van der Waals surface area (Å²) in [6.45, 7) is 0. The van der Waals surface area contributed by atoms with E-state index in [0.29, 0.717) is 10.8 Å². The van der Waals surface area contributed by atoms with E-state index in [0.717, 1.165) is 0 Å². The van der Waals surface area contributed by atoms with Crippen LogP contribution in [0.15, 0.2) is 5.38 Å². The van der Waals surface area contributed by atoms with E-state index in [2.05, 4.69) is 10.3 Å². The van der Waals surface area contributed by atoms with Crippen LogP contribution in [0, 0.1) is 0 Å². The third-order valence-electron chi connectivity index (χ3n) is 1.24. The average Bonchev–Trinajstić information content (AvgIpc) is 2.51. The molecule has 4 nitrogen and oxygen atoms in total. The number of aromatic nitrogens is 1. The number of nitrogens with one attached hydrogen (secondary N) is 1. The molecule has 0 saturated heterocycles. The van der Waals surface area contributed by atoms with E-state index >= 15 is 0 Å². The smallest absolute Gasteiger partial charge is 0.241 e. The van der Waals surface area contributed by atoms with Gasteiger partial charge in [-0.15, -0.1) is 22.9 Å². The molecule has 1 heterocycles. The Kier molecular flexibility index (Phi) is 4.31. The number of amides is 1. The molecule has 0 aliphatic heterocycles. The molecule has 1 amide bonds. The van der Waals surface area contributed by atoms with Crippen LogP contribution in [-0.2, 0) is 16.0 Å². The summed E-state index contributed by atoms with van der Waals surface area (Å²) >= 11 is 11.7. The molecule has 0 aliphatic carbocycles. The number of hydrogen-bond donors (Lipinski definition) is 1. The SMILES string of the molecule is O=C(Cl)Cc1csc(NC(=O)CCl)n1. The summed E-state index contributed by atoms with van der Waals surface area (Å²) in [6.07, 6.45) is 0.0643. The summed E-state index contributed by atoms with van der Waals surface area (Å²) in [4.78, 5) is 25.3. The fourth-order valence-corrected chi connectivity index (χ4v) is 1.67. The number of rotatable bonds is 4. The molecule has 7 heteroatoms. The van der Waals surface area contributed by atoms with Crippen molar-refractivity contribution in [3.8, 4) is 0 Å². The maximum Gasteiger partial charge on any atom is 0.241 e. The number of halogens is 2. The summed E-state index contributed by atoms with van der Waals surface area (Å²) in [7, 11) is 0. The molecule has 0 radical (unpaired) electrons. The molecule has 0 saturated carbocycles. The first-order valence-electron chi connectivity index (χ1n) is 3.60. The van der Waals surface area contributed by atoms with Gasteiger partial charge in [0, 0.05) is 5.38 Å². The third kappa shape index (κ3) is 3.61. The second kappa shape index (κ2) is 5.29. The van der Waals surface area contributed by atoms with E-state index in [1.54, 1.807) is 5.38 Å². The Morgan fingerprint density at radius 3 is 2.86 bits per heavy atom. The highest BCUT2D eigenvalue weighted by molar-refractivity contribution is 7.14. The quantitative estimate of drug-likeness (QED) is 0.655. The Bertz CT molecular complexity index is 353. The summed E-state index contributed by atoms with van der Waals surface area (Å²) in [5.41, 5.74) is 0.542. The van der Waals surface area contributed by atoms with Gasteiger partial charge < -0.3 is 5.32 Å². The van der Waals surface area contributed by atoms with Crippen molar-refractivity contribution in [2.75, 3.05) is 11.2 Å². The second-order valence-corrected chi connectivity index (χ2v) is 3.90. The van der Waals surface area contributed by atoms with Gasteiger partial charge in [0.1, 0.15) is 5.88 Å². The molecule has 0 aromatic carbocycles. The number of hydrogen-bond acceptors (Lipinski definition) is 4. The predicted octanol–water partition coefficient (Wildman–Crippen LogP) is 1.63. The van der Waals surface area contributed by atoms with Gasteiger partial charge in [-0.05, 0) is 11.6 Å². The number of thiazole rings is 1. The van der Waals surface area contributed by atoms with Crippen LogP contribution in [0.2, 0.25) is 0 Å². The number of nitrogens with zero attached hydrogens (tertiary/aromatic N) is 1. The van der Waals surface area contributed by atoms with Gasteiger partial charge in [0.05, 0.1) is 12.1 Å². The van der Waals surface area contributed by atoms with Crippen molar-refractivity contribution < 1.29 is 9.59 Å². The first-order valence-corrected chi connectivity index (χ1v) is 5.39. The number of carbonyl (C=O) groups excluding carboxylic acids is 2. The van der Waals surface area contributed by atoms with Crippen molar-refractivity contribution in [2.45, 2.75) is 6.42 Å². The lowest BCUT2D eigenvalue weighted by Gasteiger charge is -1.95. The van der Waals surface area contributed by atoms with Crippen molar-refractivity contribution in [1.82, 2.24) is 4.98 Å². The maximum atomic E-state index is 10.8. The van der Waals surface area contributed by atoms with E-state index in [1.807, 2.05) is 0 Å². The highest BCUT2D eigenvalue weighted by atomic mass is 35.5. The Labute approximate surface area is 94.2 Å². The topological polar surface area (TPSA) is 59.1 Å². The molecular weight excluding hydrogens is 247 g/mol. The Hall–Kier alpha value is -0.650. The molecule has 1 aromatic heterocycles. The number of anilines is 1. The van der Waals surface area contributed by atoms with E-state index in [9.17, 15) is 9.59 Å². The molecule has 1 N–H and O–H groups in total. The minimum absolute atomic E-state index is 0.0643. The molecule has 0 spiro atoms. The highest BCUT2D eigenvalue weighted by Crippen LogP contribution is 2.16. The van der Waals surface area contributed by atoms with Gasteiger partial charge in [-0.2, -0.15) is 0 Å². The van der Waals surface area contributed by atoms with Crippen LogP contribution < -0.4 is 5.32 Å². The van der Waals surface area contributed by atoms with E-state index < -0.39 is 5.24 Å². The van der Waals surface area contributed by atoms with Crippen molar-refractivity contribution in [3.63, 3.8) is 0 Å². The average molecular weight is 253 g/mol. The Balaban J connectivity index is 2.59. The van der Waals surface area contributed by atoms with Crippen molar-refractivity contribution in [2.24, 2.45) is 0 Å². The van der Waals surface area contributed by atoms with E-state index in [4.69, 9.17) is 23.2 Å². The molecule has 76 valence electrons. The largest absolute Gasteiger partial charge is 0.301 e. The fraction of sp³-hybridized carbons (Fsp3) is 0.286. The first kappa shape index (κ1) is 11.4. The molecule has 1 rings (SSSR count). The fourth-order valence-electron chi connectivity index (χ4n) is 0.741. The Morgan fingerprint density at radius 1 is 1.57 bits per heavy atom. The van der Waals surface area contributed by atoms with Crippen LogP contribution in [0.25, 0.3) is 0 Å².